The molecule has 0 saturated carbocycles. The molecule has 1 fully saturated rings. The van der Waals surface area contributed by atoms with E-state index in [-0.39, 0.29) is 0 Å². The number of nitrogens with zero attached hydrogens (tertiary/aromatic N) is 3. The molecular formula is C13H22N4. The monoisotopic (exact) mass is 234 g/mol. The third-order valence-corrected chi connectivity index (χ3v) is 3.47. The fourth-order valence-corrected chi connectivity index (χ4v) is 2.28. The smallest absolute Gasteiger partial charge is 0.141 e. The lowest BCUT2D eigenvalue weighted by Gasteiger charge is -2.28. The van der Waals surface area contributed by atoms with Gasteiger partial charge in [0.15, 0.2) is 0 Å². The maximum Gasteiger partial charge on any atom is 0.141 e. The van der Waals surface area contributed by atoms with Crippen molar-refractivity contribution < 1.29 is 0 Å². The third-order valence-electron chi connectivity index (χ3n) is 3.47. The first kappa shape index (κ1) is 12.5. The molecule has 1 saturated heterocycles. The molecule has 0 aromatic carbocycles. The second kappa shape index (κ2) is 6.67. The van der Waals surface area contributed by atoms with Crippen molar-refractivity contribution >= 4 is 0 Å². The summed E-state index contributed by atoms with van der Waals surface area (Å²) in [5, 5.41) is 3.42. The first-order valence-corrected chi connectivity index (χ1v) is 6.50. The van der Waals surface area contributed by atoms with E-state index < -0.39 is 0 Å². The maximum atomic E-state index is 4.19. The zero-order valence-corrected chi connectivity index (χ0v) is 10.6. The van der Waals surface area contributed by atoms with Gasteiger partial charge in [0.1, 0.15) is 5.82 Å². The number of hydrogen-bond donors (Lipinski definition) is 1. The van der Waals surface area contributed by atoms with E-state index in [4.69, 9.17) is 0 Å². The molecule has 1 aromatic heterocycles. The molecule has 0 amide bonds. The van der Waals surface area contributed by atoms with Crippen LogP contribution in [-0.4, -0.2) is 41.5 Å². The van der Waals surface area contributed by atoms with Gasteiger partial charge in [0.2, 0.25) is 0 Å². The molecular weight excluding hydrogens is 212 g/mol. The van der Waals surface area contributed by atoms with Crippen molar-refractivity contribution in [3.8, 4) is 0 Å². The van der Waals surface area contributed by atoms with Gasteiger partial charge in [0.25, 0.3) is 0 Å². The Bertz CT molecular complexity index is 306. The van der Waals surface area contributed by atoms with Gasteiger partial charge in [-0.15, -0.1) is 0 Å². The quantitative estimate of drug-likeness (QED) is 0.780. The molecule has 1 aliphatic heterocycles. The lowest BCUT2D eigenvalue weighted by molar-refractivity contribution is 0.211. The first-order valence-electron chi connectivity index (χ1n) is 6.50. The Hall–Kier alpha value is -1.00. The van der Waals surface area contributed by atoms with Gasteiger partial charge in [-0.3, -0.25) is 0 Å². The van der Waals surface area contributed by atoms with Crippen molar-refractivity contribution in [2.24, 2.45) is 5.92 Å². The minimum absolute atomic E-state index is 0.785. The zero-order valence-electron chi connectivity index (χ0n) is 10.6. The van der Waals surface area contributed by atoms with Crippen molar-refractivity contribution in [2.75, 3.05) is 26.7 Å². The highest BCUT2D eigenvalue weighted by atomic mass is 15.1. The number of likely N-dealkylation sites (tertiary alicyclic amines) is 1. The molecule has 2 heterocycles. The van der Waals surface area contributed by atoms with E-state index in [0.29, 0.717) is 0 Å². The van der Waals surface area contributed by atoms with Crippen LogP contribution >= 0.6 is 0 Å². The fourth-order valence-electron chi connectivity index (χ4n) is 2.28. The van der Waals surface area contributed by atoms with E-state index in [1.54, 1.807) is 12.4 Å². The summed E-state index contributed by atoms with van der Waals surface area (Å²) >= 11 is 0. The Morgan fingerprint density at radius 2 is 2.00 bits per heavy atom. The molecule has 1 N–H and O–H groups in total. The molecule has 1 aliphatic rings. The summed E-state index contributed by atoms with van der Waals surface area (Å²) < 4.78 is 0. The Balaban J connectivity index is 1.57. The second-order valence-electron chi connectivity index (χ2n) is 4.88. The lowest BCUT2D eigenvalue weighted by Crippen LogP contribution is -2.31. The van der Waals surface area contributed by atoms with E-state index in [9.17, 15) is 0 Å². The maximum absolute atomic E-state index is 4.19. The van der Waals surface area contributed by atoms with Crippen LogP contribution in [0.2, 0.25) is 0 Å². The van der Waals surface area contributed by atoms with Crippen LogP contribution in [-0.2, 0) is 6.54 Å². The molecule has 0 bridgehead atoms. The van der Waals surface area contributed by atoms with Gasteiger partial charge in [0.05, 0.1) is 6.54 Å². The SMILES string of the molecule is CN1CCC(CCNCc2ncccn2)CC1. The van der Waals surface area contributed by atoms with Gasteiger partial charge in [-0.05, 0) is 57.9 Å². The van der Waals surface area contributed by atoms with Crippen molar-refractivity contribution in [3.63, 3.8) is 0 Å². The minimum Gasteiger partial charge on any atom is -0.310 e. The van der Waals surface area contributed by atoms with Crippen LogP contribution in [0, 0.1) is 5.92 Å². The first-order chi connectivity index (χ1) is 8.34. The Morgan fingerprint density at radius 1 is 1.29 bits per heavy atom. The van der Waals surface area contributed by atoms with Crippen molar-refractivity contribution in [1.29, 1.82) is 0 Å². The summed E-state index contributed by atoms with van der Waals surface area (Å²) in [6.45, 7) is 4.37. The molecule has 17 heavy (non-hydrogen) atoms. The molecule has 0 atom stereocenters. The highest BCUT2D eigenvalue weighted by Gasteiger charge is 2.15. The Labute approximate surface area is 103 Å². The van der Waals surface area contributed by atoms with Gasteiger partial charge in [-0.2, -0.15) is 0 Å². The van der Waals surface area contributed by atoms with Crippen LogP contribution in [0.1, 0.15) is 25.1 Å². The number of hydrogen-bond acceptors (Lipinski definition) is 4. The highest BCUT2D eigenvalue weighted by Crippen LogP contribution is 2.18. The summed E-state index contributed by atoms with van der Waals surface area (Å²) in [5.74, 6) is 1.78. The minimum atomic E-state index is 0.785. The van der Waals surface area contributed by atoms with Gasteiger partial charge >= 0.3 is 0 Å². The van der Waals surface area contributed by atoms with Crippen molar-refractivity contribution in [3.05, 3.63) is 24.3 Å². The van der Waals surface area contributed by atoms with Crippen LogP contribution < -0.4 is 5.32 Å². The molecule has 2 rings (SSSR count). The van der Waals surface area contributed by atoms with Crippen LogP contribution in [0.4, 0.5) is 0 Å². The summed E-state index contributed by atoms with van der Waals surface area (Å²) in [5.41, 5.74) is 0. The molecule has 4 nitrogen and oxygen atoms in total. The topological polar surface area (TPSA) is 41.0 Å². The number of nitrogens with one attached hydrogen (secondary N) is 1. The van der Waals surface area contributed by atoms with Crippen LogP contribution in [0.25, 0.3) is 0 Å². The summed E-state index contributed by atoms with van der Waals surface area (Å²) in [7, 11) is 2.21. The summed E-state index contributed by atoms with van der Waals surface area (Å²) in [4.78, 5) is 10.8. The Kier molecular flexibility index (Phi) is 4.88. The molecule has 94 valence electrons. The standard InChI is InChI=1S/C13H22N4/c1-17-9-4-12(5-10-17)3-8-14-11-13-15-6-2-7-16-13/h2,6-7,12,14H,3-5,8-11H2,1H3. The molecule has 0 aliphatic carbocycles. The highest BCUT2D eigenvalue weighted by molar-refractivity contribution is 4.87. The summed E-state index contributed by atoms with van der Waals surface area (Å²) in [6.07, 6.45) is 7.56. The van der Waals surface area contributed by atoms with Crippen molar-refractivity contribution in [2.45, 2.75) is 25.8 Å². The average Bonchev–Trinajstić information content (AvgIpc) is 2.38. The predicted octanol–water partition coefficient (Wildman–Crippen LogP) is 1.30. The molecule has 0 spiro atoms. The molecule has 0 radical (unpaired) electrons. The van der Waals surface area contributed by atoms with Crippen molar-refractivity contribution in [1.82, 2.24) is 20.2 Å². The number of piperidine rings is 1. The molecule has 4 heteroatoms. The summed E-state index contributed by atoms with van der Waals surface area (Å²) in [6, 6.07) is 1.85. The number of rotatable bonds is 5. The number of aromatic nitrogens is 2. The van der Waals surface area contributed by atoms with Crippen LogP contribution in [0.5, 0.6) is 0 Å². The van der Waals surface area contributed by atoms with E-state index in [1.165, 1.54) is 32.4 Å². The normalized spacial score (nSPS) is 18.4. The van der Waals surface area contributed by atoms with E-state index in [2.05, 4.69) is 27.2 Å². The van der Waals surface area contributed by atoms with E-state index >= 15 is 0 Å². The van der Waals surface area contributed by atoms with Crippen LogP contribution in [0.15, 0.2) is 18.5 Å². The lowest BCUT2D eigenvalue weighted by atomic mass is 9.94. The average molecular weight is 234 g/mol. The largest absolute Gasteiger partial charge is 0.310 e. The fraction of sp³-hybridized carbons (Fsp3) is 0.692. The second-order valence-corrected chi connectivity index (χ2v) is 4.88. The predicted molar refractivity (Wildman–Crippen MR) is 68.6 cm³/mol. The van der Waals surface area contributed by atoms with Gasteiger partial charge in [-0.25, -0.2) is 9.97 Å². The van der Waals surface area contributed by atoms with Crippen LogP contribution in [0.3, 0.4) is 0 Å². The Morgan fingerprint density at radius 3 is 2.71 bits per heavy atom. The van der Waals surface area contributed by atoms with Gasteiger partial charge in [0, 0.05) is 12.4 Å². The van der Waals surface area contributed by atoms with E-state index in [0.717, 1.165) is 24.8 Å². The molecule has 0 unspecified atom stereocenters. The third kappa shape index (κ3) is 4.40. The van der Waals surface area contributed by atoms with Gasteiger partial charge in [-0.1, -0.05) is 0 Å². The van der Waals surface area contributed by atoms with E-state index in [1.807, 2.05) is 6.07 Å². The zero-order chi connectivity index (χ0) is 11.9. The van der Waals surface area contributed by atoms with Gasteiger partial charge < -0.3 is 10.2 Å². The molecule has 1 aromatic rings.